The zero-order valence-corrected chi connectivity index (χ0v) is 15.3. The van der Waals surface area contributed by atoms with Gasteiger partial charge in [-0.15, -0.1) is 11.8 Å². The van der Waals surface area contributed by atoms with Crippen molar-refractivity contribution in [2.24, 2.45) is 0 Å². The number of carboxylic acids is 1. The topological polar surface area (TPSA) is 57.6 Å². The van der Waals surface area contributed by atoms with Gasteiger partial charge in [0.05, 0.1) is 4.87 Å². The van der Waals surface area contributed by atoms with Crippen molar-refractivity contribution in [3.63, 3.8) is 0 Å². The van der Waals surface area contributed by atoms with E-state index in [9.17, 15) is 14.7 Å². The second-order valence-corrected chi connectivity index (χ2v) is 8.62. The molecule has 1 aliphatic heterocycles. The third kappa shape index (κ3) is 3.16. The summed E-state index contributed by atoms with van der Waals surface area (Å²) < 4.78 is 0. The van der Waals surface area contributed by atoms with Crippen molar-refractivity contribution in [3.05, 3.63) is 60.2 Å². The predicted molar refractivity (Wildman–Crippen MR) is 101 cm³/mol. The molecule has 0 saturated carbocycles. The van der Waals surface area contributed by atoms with Gasteiger partial charge in [0.15, 0.2) is 0 Å². The van der Waals surface area contributed by atoms with Crippen LogP contribution in [0.1, 0.15) is 31.1 Å². The monoisotopic (exact) mass is 355 g/mol. The van der Waals surface area contributed by atoms with E-state index in [1.54, 1.807) is 6.07 Å². The first-order valence-electron chi connectivity index (χ1n) is 8.21. The molecule has 3 rings (SSSR count). The van der Waals surface area contributed by atoms with Gasteiger partial charge >= 0.3 is 5.97 Å². The molecular formula is C20H21NO3S. The minimum absolute atomic E-state index is 0.166. The number of carbonyl (C=O) groups is 2. The quantitative estimate of drug-likeness (QED) is 0.900. The van der Waals surface area contributed by atoms with E-state index in [0.29, 0.717) is 5.56 Å². The normalized spacial score (nSPS) is 22.0. The lowest BCUT2D eigenvalue weighted by Gasteiger charge is -2.33. The number of hydrogen-bond acceptors (Lipinski definition) is 3. The minimum atomic E-state index is -0.962. The largest absolute Gasteiger partial charge is 0.480 e. The molecule has 4 nitrogen and oxygen atoms in total. The highest BCUT2D eigenvalue weighted by Crippen LogP contribution is 2.45. The van der Waals surface area contributed by atoms with Crippen LogP contribution in [0.3, 0.4) is 0 Å². The standard InChI is InChI=1S/C20H21NO3S/c1-13-17(19(23)24)21(20(2,3)25-13)18(22)16-12-8-7-11-15(16)14-9-5-4-6-10-14/h4-13,17H,1-3H3,(H,23,24)/t13-,17+/m1/s1. The summed E-state index contributed by atoms with van der Waals surface area (Å²) >= 11 is 1.52. The summed E-state index contributed by atoms with van der Waals surface area (Å²) in [5.41, 5.74) is 2.29. The van der Waals surface area contributed by atoms with Gasteiger partial charge in [0, 0.05) is 10.8 Å². The van der Waals surface area contributed by atoms with Crippen molar-refractivity contribution in [2.75, 3.05) is 0 Å². The Labute approximate surface area is 151 Å². The molecule has 1 N–H and O–H groups in total. The molecule has 1 heterocycles. The number of thioether (sulfide) groups is 1. The van der Waals surface area contributed by atoms with Crippen LogP contribution in [0.4, 0.5) is 0 Å². The summed E-state index contributed by atoms with van der Waals surface area (Å²) in [6, 6.07) is 16.2. The van der Waals surface area contributed by atoms with Gasteiger partial charge in [-0.05, 0) is 31.0 Å². The van der Waals surface area contributed by atoms with Gasteiger partial charge in [0.25, 0.3) is 5.91 Å². The molecule has 0 aliphatic carbocycles. The van der Waals surface area contributed by atoms with Crippen molar-refractivity contribution < 1.29 is 14.7 Å². The molecule has 130 valence electrons. The Hall–Kier alpha value is -2.27. The third-order valence-corrected chi connectivity index (χ3v) is 5.89. The zero-order valence-electron chi connectivity index (χ0n) is 14.5. The SMILES string of the molecule is C[C@H]1SC(C)(C)N(C(=O)c2ccccc2-c2ccccc2)[C@@H]1C(=O)O. The number of hydrogen-bond donors (Lipinski definition) is 1. The van der Waals surface area contributed by atoms with Crippen LogP contribution in [0, 0.1) is 0 Å². The summed E-state index contributed by atoms with van der Waals surface area (Å²) in [4.78, 5) is 26.1. The molecule has 2 aromatic carbocycles. The van der Waals surface area contributed by atoms with Gasteiger partial charge in [-0.25, -0.2) is 4.79 Å². The summed E-state index contributed by atoms with van der Waals surface area (Å²) in [6.07, 6.45) is 0. The highest BCUT2D eigenvalue weighted by Gasteiger charge is 2.51. The Balaban J connectivity index is 2.08. The first-order chi connectivity index (χ1) is 11.8. The smallest absolute Gasteiger partial charge is 0.327 e. The van der Waals surface area contributed by atoms with Crippen LogP contribution in [-0.2, 0) is 4.79 Å². The van der Waals surface area contributed by atoms with Gasteiger partial charge < -0.3 is 10.0 Å². The Bertz CT molecular complexity index is 804. The van der Waals surface area contributed by atoms with Crippen LogP contribution in [0.15, 0.2) is 54.6 Å². The molecule has 0 bridgehead atoms. The number of amides is 1. The lowest BCUT2D eigenvalue weighted by Crippen LogP contribution is -2.51. The molecule has 1 amide bonds. The maximum atomic E-state index is 13.4. The van der Waals surface area contributed by atoms with E-state index in [-0.39, 0.29) is 11.2 Å². The van der Waals surface area contributed by atoms with Crippen LogP contribution < -0.4 is 0 Å². The van der Waals surface area contributed by atoms with E-state index in [4.69, 9.17) is 0 Å². The molecule has 2 atom stereocenters. The maximum Gasteiger partial charge on any atom is 0.327 e. The van der Waals surface area contributed by atoms with E-state index in [0.717, 1.165) is 11.1 Å². The predicted octanol–water partition coefficient (Wildman–Crippen LogP) is 4.12. The fourth-order valence-corrected chi connectivity index (χ4v) is 5.06. The molecule has 0 radical (unpaired) electrons. The Morgan fingerprint density at radius 2 is 1.64 bits per heavy atom. The van der Waals surface area contributed by atoms with Crippen LogP contribution in [0.2, 0.25) is 0 Å². The van der Waals surface area contributed by atoms with Gasteiger partial charge in [0.2, 0.25) is 0 Å². The van der Waals surface area contributed by atoms with Gasteiger partial charge in [-0.3, -0.25) is 4.79 Å². The van der Waals surface area contributed by atoms with Gasteiger partial charge in [-0.2, -0.15) is 0 Å². The molecule has 5 heteroatoms. The lowest BCUT2D eigenvalue weighted by molar-refractivity contribution is -0.142. The van der Waals surface area contributed by atoms with Crippen LogP contribution in [0.25, 0.3) is 11.1 Å². The van der Waals surface area contributed by atoms with Gasteiger partial charge in [0.1, 0.15) is 6.04 Å². The Kier molecular flexibility index (Phi) is 4.60. The fraction of sp³-hybridized carbons (Fsp3) is 0.300. The molecule has 25 heavy (non-hydrogen) atoms. The average molecular weight is 355 g/mol. The van der Waals surface area contributed by atoms with Crippen LogP contribution >= 0.6 is 11.8 Å². The van der Waals surface area contributed by atoms with Crippen LogP contribution in [0.5, 0.6) is 0 Å². The zero-order chi connectivity index (χ0) is 18.2. The van der Waals surface area contributed by atoms with Crippen LogP contribution in [-0.4, -0.2) is 38.0 Å². The maximum absolute atomic E-state index is 13.4. The first kappa shape index (κ1) is 17.5. The molecule has 0 unspecified atom stereocenters. The van der Waals surface area contributed by atoms with E-state index >= 15 is 0 Å². The third-order valence-electron chi connectivity index (χ3n) is 4.49. The van der Waals surface area contributed by atoms with Gasteiger partial charge in [-0.1, -0.05) is 55.5 Å². The highest BCUT2D eigenvalue weighted by molar-refractivity contribution is 8.01. The molecule has 1 fully saturated rings. The number of aliphatic carboxylic acids is 1. The summed E-state index contributed by atoms with van der Waals surface area (Å²) in [5.74, 6) is -1.20. The molecular weight excluding hydrogens is 334 g/mol. The van der Waals surface area contributed by atoms with Crippen molar-refractivity contribution >= 4 is 23.6 Å². The summed E-state index contributed by atoms with van der Waals surface area (Å²) in [5, 5.41) is 9.49. The molecule has 0 aromatic heterocycles. The molecule has 2 aromatic rings. The van der Waals surface area contributed by atoms with E-state index in [2.05, 4.69) is 0 Å². The summed E-state index contributed by atoms with van der Waals surface area (Å²) in [7, 11) is 0. The molecule has 1 aliphatic rings. The summed E-state index contributed by atoms with van der Waals surface area (Å²) in [6.45, 7) is 5.67. The molecule has 1 saturated heterocycles. The van der Waals surface area contributed by atoms with E-state index in [1.165, 1.54) is 16.7 Å². The van der Waals surface area contributed by atoms with E-state index < -0.39 is 16.9 Å². The number of carbonyl (C=O) groups excluding carboxylic acids is 1. The Morgan fingerprint density at radius 1 is 1.04 bits per heavy atom. The first-order valence-corrected chi connectivity index (χ1v) is 9.09. The van der Waals surface area contributed by atoms with Crippen molar-refractivity contribution in [1.82, 2.24) is 4.90 Å². The van der Waals surface area contributed by atoms with Crippen molar-refractivity contribution in [1.29, 1.82) is 0 Å². The lowest BCUT2D eigenvalue weighted by atomic mass is 9.97. The number of rotatable bonds is 3. The second kappa shape index (κ2) is 6.56. The molecule has 0 spiro atoms. The van der Waals surface area contributed by atoms with Crippen molar-refractivity contribution in [2.45, 2.75) is 36.9 Å². The highest BCUT2D eigenvalue weighted by atomic mass is 32.2. The average Bonchev–Trinajstić information content (AvgIpc) is 2.83. The minimum Gasteiger partial charge on any atom is -0.480 e. The Morgan fingerprint density at radius 3 is 2.28 bits per heavy atom. The number of carboxylic acid groups (broad SMARTS) is 1. The second-order valence-electron chi connectivity index (χ2n) is 6.64. The van der Waals surface area contributed by atoms with Crippen molar-refractivity contribution in [3.8, 4) is 11.1 Å². The van der Waals surface area contributed by atoms with E-state index in [1.807, 2.05) is 69.3 Å². The number of benzene rings is 2. The fourth-order valence-electron chi connectivity index (χ4n) is 3.47. The number of nitrogens with zero attached hydrogens (tertiary/aromatic N) is 1.